The predicted octanol–water partition coefficient (Wildman–Crippen LogP) is 2.17. The average molecular weight is 261 g/mol. The van der Waals surface area contributed by atoms with Gasteiger partial charge in [-0.2, -0.15) is 14.9 Å². The SMILES string of the molecule is CCCc1nn2c(N)c(C#N)c(SC)nc2c1C. The summed E-state index contributed by atoms with van der Waals surface area (Å²) in [6.07, 6.45) is 3.80. The van der Waals surface area contributed by atoms with Crippen LogP contribution in [0.2, 0.25) is 0 Å². The second-order valence-corrected chi connectivity index (χ2v) is 4.85. The molecule has 0 aliphatic carbocycles. The number of nitrogens with zero attached hydrogens (tertiary/aromatic N) is 4. The standard InChI is InChI=1S/C12H15N5S/c1-4-5-9-7(2)11-15-12(18-3)8(6-13)10(14)17(11)16-9/h4-5,14H2,1-3H3. The molecule has 0 unspecified atom stereocenters. The monoisotopic (exact) mass is 261 g/mol. The van der Waals surface area contributed by atoms with Crippen molar-refractivity contribution in [1.29, 1.82) is 5.26 Å². The van der Waals surface area contributed by atoms with Crippen molar-refractivity contribution in [2.75, 3.05) is 12.0 Å². The van der Waals surface area contributed by atoms with E-state index in [2.05, 4.69) is 23.1 Å². The number of anilines is 1. The van der Waals surface area contributed by atoms with Gasteiger partial charge >= 0.3 is 0 Å². The highest BCUT2D eigenvalue weighted by molar-refractivity contribution is 7.98. The van der Waals surface area contributed by atoms with Gasteiger partial charge < -0.3 is 5.73 Å². The summed E-state index contributed by atoms with van der Waals surface area (Å²) in [7, 11) is 0. The quantitative estimate of drug-likeness (QED) is 0.676. The molecule has 2 aromatic rings. The van der Waals surface area contributed by atoms with Gasteiger partial charge in [-0.05, 0) is 19.6 Å². The van der Waals surface area contributed by atoms with Crippen LogP contribution in [0.4, 0.5) is 5.82 Å². The number of nitriles is 1. The van der Waals surface area contributed by atoms with Gasteiger partial charge in [0.1, 0.15) is 22.5 Å². The van der Waals surface area contributed by atoms with Crippen LogP contribution in [0.25, 0.3) is 5.65 Å². The fourth-order valence-corrected chi connectivity index (χ4v) is 2.46. The van der Waals surface area contributed by atoms with Crippen molar-refractivity contribution >= 4 is 23.2 Å². The number of fused-ring (bicyclic) bond motifs is 1. The molecule has 0 saturated heterocycles. The molecule has 0 amide bonds. The number of nitrogen functional groups attached to an aromatic ring is 1. The molecule has 0 radical (unpaired) electrons. The number of aryl methyl sites for hydroxylation is 2. The Morgan fingerprint density at radius 1 is 1.50 bits per heavy atom. The first kappa shape index (κ1) is 12.7. The summed E-state index contributed by atoms with van der Waals surface area (Å²) in [6, 6.07) is 2.10. The Balaban J connectivity index is 2.79. The molecule has 2 N–H and O–H groups in total. The molecule has 0 aromatic carbocycles. The van der Waals surface area contributed by atoms with Crippen LogP contribution >= 0.6 is 11.8 Å². The highest BCUT2D eigenvalue weighted by Crippen LogP contribution is 2.26. The minimum Gasteiger partial charge on any atom is -0.382 e. The average Bonchev–Trinajstić information content (AvgIpc) is 2.68. The number of thioether (sulfide) groups is 1. The third kappa shape index (κ3) is 1.81. The number of aromatic nitrogens is 3. The molecular formula is C12H15N5S. The molecule has 0 spiro atoms. The van der Waals surface area contributed by atoms with Crippen molar-refractivity contribution in [3.05, 3.63) is 16.8 Å². The maximum Gasteiger partial charge on any atom is 0.161 e. The zero-order valence-corrected chi connectivity index (χ0v) is 11.5. The first-order chi connectivity index (χ1) is 8.63. The topological polar surface area (TPSA) is 80.0 Å². The van der Waals surface area contributed by atoms with E-state index in [-0.39, 0.29) is 0 Å². The van der Waals surface area contributed by atoms with Crippen LogP contribution in [0.3, 0.4) is 0 Å². The fraction of sp³-hybridized carbons (Fsp3) is 0.417. The number of rotatable bonds is 3. The van der Waals surface area contributed by atoms with Gasteiger partial charge in [0.05, 0.1) is 5.69 Å². The Labute approximate surface area is 110 Å². The van der Waals surface area contributed by atoms with Gasteiger partial charge in [0.25, 0.3) is 0 Å². The minimum atomic E-state index is 0.373. The van der Waals surface area contributed by atoms with E-state index in [1.165, 1.54) is 11.8 Å². The minimum absolute atomic E-state index is 0.373. The van der Waals surface area contributed by atoms with Crippen LogP contribution in [0.1, 0.15) is 30.2 Å². The van der Waals surface area contributed by atoms with E-state index in [1.807, 2.05) is 13.2 Å². The summed E-state index contributed by atoms with van der Waals surface area (Å²) in [4.78, 5) is 4.49. The molecule has 6 heteroatoms. The Morgan fingerprint density at radius 2 is 2.22 bits per heavy atom. The zero-order valence-electron chi connectivity index (χ0n) is 10.7. The summed E-state index contributed by atoms with van der Waals surface area (Å²) in [6.45, 7) is 4.10. The van der Waals surface area contributed by atoms with Crippen LogP contribution in [-0.4, -0.2) is 20.9 Å². The van der Waals surface area contributed by atoms with Crippen molar-refractivity contribution in [1.82, 2.24) is 14.6 Å². The van der Waals surface area contributed by atoms with E-state index in [0.717, 1.165) is 29.7 Å². The maximum atomic E-state index is 9.14. The molecule has 0 saturated carbocycles. The molecule has 0 aliphatic heterocycles. The molecule has 2 rings (SSSR count). The van der Waals surface area contributed by atoms with Crippen molar-refractivity contribution in [2.45, 2.75) is 31.7 Å². The van der Waals surface area contributed by atoms with E-state index in [9.17, 15) is 0 Å². The molecular weight excluding hydrogens is 246 g/mol. The summed E-state index contributed by atoms with van der Waals surface area (Å²) in [5.41, 5.74) is 9.21. The molecule has 18 heavy (non-hydrogen) atoms. The number of nitrogens with two attached hydrogens (primary N) is 1. The van der Waals surface area contributed by atoms with Crippen LogP contribution in [0, 0.1) is 18.3 Å². The van der Waals surface area contributed by atoms with E-state index in [1.54, 1.807) is 4.52 Å². The van der Waals surface area contributed by atoms with Gasteiger partial charge in [-0.1, -0.05) is 13.3 Å². The van der Waals surface area contributed by atoms with E-state index in [4.69, 9.17) is 11.0 Å². The van der Waals surface area contributed by atoms with Gasteiger partial charge in [0.2, 0.25) is 0 Å². The van der Waals surface area contributed by atoms with Gasteiger partial charge in [0, 0.05) is 5.56 Å². The lowest BCUT2D eigenvalue weighted by Gasteiger charge is -2.05. The largest absolute Gasteiger partial charge is 0.382 e. The maximum absolute atomic E-state index is 9.14. The Morgan fingerprint density at radius 3 is 2.78 bits per heavy atom. The molecule has 5 nitrogen and oxygen atoms in total. The number of hydrogen-bond donors (Lipinski definition) is 1. The summed E-state index contributed by atoms with van der Waals surface area (Å²) < 4.78 is 1.58. The van der Waals surface area contributed by atoms with Gasteiger partial charge in [-0.3, -0.25) is 0 Å². The Kier molecular flexibility index (Phi) is 3.43. The Bertz CT molecular complexity index is 638. The number of hydrogen-bond acceptors (Lipinski definition) is 5. The third-order valence-corrected chi connectivity index (χ3v) is 3.57. The molecule has 0 aliphatic rings. The second-order valence-electron chi connectivity index (χ2n) is 4.05. The zero-order chi connectivity index (χ0) is 13.3. The van der Waals surface area contributed by atoms with Crippen molar-refractivity contribution in [3.8, 4) is 6.07 Å². The lowest BCUT2D eigenvalue weighted by molar-refractivity contribution is 0.829. The first-order valence-corrected chi connectivity index (χ1v) is 6.98. The molecule has 0 fully saturated rings. The first-order valence-electron chi connectivity index (χ1n) is 5.75. The van der Waals surface area contributed by atoms with Crippen molar-refractivity contribution in [3.63, 3.8) is 0 Å². The van der Waals surface area contributed by atoms with E-state index >= 15 is 0 Å². The highest BCUT2D eigenvalue weighted by atomic mass is 32.2. The van der Waals surface area contributed by atoms with Crippen molar-refractivity contribution < 1.29 is 0 Å². The second kappa shape index (κ2) is 4.86. The third-order valence-electron chi connectivity index (χ3n) is 2.89. The fourth-order valence-electron chi connectivity index (χ4n) is 1.92. The van der Waals surface area contributed by atoms with Crippen molar-refractivity contribution in [2.24, 2.45) is 0 Å². The summed E-state index contributed by atoms with van der Waals surface area (Å²) in [5.74, 6) is 0.373. The summed E-state index contributed by atoms with van der Waals surface area (Å²) >= 11 is 1.43. The smallest absolute Gasteiger partial charge is 0.161 e. The van der Waals surface area contributed by atoms with Crippen LogP contribution in [0.5, 0.6) is 0 Å². The van der Waals surface area contributed by atoms with Crippen LogP contribution < -0.4 is 5.73 Å². The lowest BCUT2D eigenvalue weighted by atomic mass is 10.2. The molecule has 2 aromatic heterocycles. The van der Waals surface area contributed by atoms with Crippen LogP contribution in [0.15, 0.2) is 5.03 Å². The summed E-state index contributed by atoms with van der Waals surface area (Å²) in [5, 5.41) is 14.3. The van der Waals surface area contributed by atoms with Gasteiger partial charge in [0.15, 0.2) is 5.65 Å². The molecule has 94 valence electrons. The van der Waals surface area contributed by atoms with E-state index in [0.29, 0.717) is 16.4 Å². The predicted molar refractivity (Wildman–Crippen MR) is 72.6 cm³/mol. The van der Waals surface area contributed by atoms with Gasteiger partial charge in [-0.15, -0.1) is 11.8 Å². The van der Waals surface area contributed by atoms with E-state index < -0.39 is 0 Å². The highest BCUT2D eigenvalue weighted by Gasteiger charge is 2.17. The Hall–Kier alpha value is -1.74. The molecule has 0 atom stereocenters. The molecule has 2 heterocycles. The van der Waals surface area contributed by atoms with Gasteiger partial charge in [-0.25, -0.2) is 4.98 Å². The lowest BCUT2D eigenvalue weighted by Crippen LogP contribution is -2.05. The molecule has 0 bridgehead atoms. The van der Waals surface area contributed by atoms with Crippen LogP contribution in [-0.2, 0) is 6.42 Å². The normalized spacial score (nSPS) is 10.8.